The van der Waals surface area contributed by atoms with Crippen LogP contribution in [0.5, 0.6) is 0 Å². The summed E-state index contributed by atoms with van der Waals surface area (Å²) in [5.41, 5.74) is 1.05. The molecule has 1 heterocycles. The van der Waals surface area contributed by atoms with Gasteiger partial charge in [-0.3, -0.25) is 0 Å². The fraction of sp³-hybridized carbons (Fsp3) is 0.700. The van der Waals surface area contributed by atoms with E-state index in [1.807, 2.05) is 17.8 Å². The second-order valence-electron chi connectivity index (χ2n) is 3.19. The number of hydrogen-bond acceptors (Lipinski definition) is 3. The molecule has 0 aliphatic heterocycles. The molecule has 0 radical (unpaired) electrons. The highest BCUT2D eigenvalue weighted by atomic mass is 35.5. The zero-order chi connectivity index (χ0) is 11.1. The van der Waals surface area contributed by atoms with E-state index in [-0.39, 0.29) is 0 Å². The number of ether oxygens (including phenoxy) is 1. The van der Waals surface area contributed by atoms with Crippen molar-refractivity contribution in [2.45, 2.75) is 24.4 Å². The predicted molar refractivity (Wildman–Crippen MR) is 64.6 cm³/mol. The first-order valence-electron chi connectivity index (χ1n) is 5.06. The van der Waals surface area contributed by atoms with Gasteiger partial charge < -0.3 is 9.30 Å². The van der Waals surface area contributed by atoms with E-state index in [9.17, 15) is 0 Å². The maximum atomic E-state index is 5.75. The lowest BCUT2D eigenvalue weighted by Gasteiger charge is -2.04. The molecule has 5 heteroatoms. The van der Waals surface area contributed by atoms with E-state index in [1.165, 1.54) is 0 Å². The lowest BCUT2D eigenvalue weighted by atomic mass is 10.5. The number of rotatable bonds is 7. The van der Waals surface area contributed by atoms with Gasteiger partial charge in [-0.1, -0.05) is 18.7 Å². The van der Waals surface area contributed by atoms with Gasteiger partial charge in [0.25, 0.3) is 0 Å². The summed E-state index contributed by atoms with van der Waals surface area (Å²) in [5, 5.41) is 1.01. The van der Waals surface area contributed by atoms with Crippen molar-refractivity contribution >= 4 is 23.4 Å². The van der Waals surface area contributed by atoms with Crippen LogP contribution >= 0.6 is 23.4 Å². The lowest BCUT2D eigenvalue weighted by Crippen LogP contribution is -2.00. The molecule has 0 aliphatic rings. The Balaban J connectivity index is 2.28. The van der Waals surface area contributed by atoms with Crippen molar-refractivity contribution in [2.24, 2.45) is 7.05 Å². The number of thioether (sulfide) groups is 1. The molecule has 0 atom stereocenters. The number of nitrogens with zero attached hydrogens (tertiary/aromatic N) is 2. The zero-order valence-electron chi connectivity index (χ0n) is 9.20. The molecule has 0 unspecified atom stereocenters. The summed E-state index contributed by atoms with van der Waals surface area (Å²) in [4.78, 5) is 4.29. The standard InChI is InChI=1S/C10H17ClN2OS/c1-3-4-14-5-6-15-10-12-8-9(7-11)13(10)2/h8H,3-7H2,1-2H3. The summed E-state index contributed by atoms with van der Waals surface area (Å²) < 4.78 is 7.42. The second kappa shape index (κ2) is 7.14. The molecule has 0 aliphatic carbocycles. The van der Waals surface area contributed by atoms with Crippen molar-refractivity contribution in [1.29, 1.82) is 0 Å². The quantitative estimate of drug-likeness (QED) is 0.422. The SMILES string of the molecule is CCCOCCSc1ncc(CCl)n1C. The average Bonchev–Trinajstić information content (AvgIpc) is 2.60. The van der Waals surface area contributed by atoms with Gasteiger partial charge in [-0.25, -0.2) is 4.98 Å². The number of hydrogen-bond donors (Lipinski definition) is 0. The number of imidazole rings is 1. The summed E-state index contributed by atoms with van der Waals surface area (Å²) in [7, 11) is 1.99. The van der Waals surface area contributed by atoms with Crippen LogP contribution < -0.4 is 0 Å². The fourth-order valence-corrected chi connectivity index (χ4v) is 2.19. The van der Waals surface area contributed by atoms with E-state index in [1.54, 1.807) is 11.8 Å². The van der Waals surface area contributed by atoms with E-state index >= 15 is 0 Å². The highest BCUT2D eigenvalue weighted by molar-refractivity contribution is 7.99. The van der Waals surface area contributed by atoms with E-state index in [0.717, 1.165) is 36.2 Å². The summed E-state index contributed by atoms with van der Waals surface area (Å²) in [6.45, 7) is 3.73. The van der Waals surface area contributed by atoms with E-state index in [0.29, 0.717) is 5.88 Å². The summed E-state index contributed by atoms with van der Waals surface area (Å²) in [6.07, 6.45) is 2.89. The minimum absolute atomic E-state index is 0.510. The molecule has 1 aromatic rings. The van der Waals surface area contributed by atoms with Crippen LogP contribution in [0.3, 0.4) is 0 Å². The summed E-state index contributed by atoms with van der Waals surface area (Å²) in [6, 6.07) is 0. The molecule has 0 N–H and O–H groups in total. The van der Waals surface area contributed by atoms with Gasteiger partial charge in [0.15, 0.2) is 5.16 Å². The van der Waals surface area contributed by atoms with Crippen molar-refractivity contribution in [3.8, 4) is 0 Å². The van der Waals surface area contributed by atoms with Crippen molar-refractivity contribution in [3.05, 3.63) is 11.9 Å². The highest BCUT2D eigenvalue weighted by Gasteiger charge is 2.05. The Labute approximate surface area is 100 Å². The van der Waals surface area contributed by atoms with E-state index < -0.39 is 0 Å². The second-order valence-corrected chi connectivity index (χ2v) is 4.51. The maximum absolute atomic E-state index is 5.75. The van der Waals surface area contributed by atoms with Gasteiger partial charge in [-0.15, -0.1) is 11.6 Å². The Bertz CT molecular complexity index is 291. The molecule has 0 fully saturated rings. The van der Waals surface area contributed by atoms with Crippen LogP contribution in [0, 0.1) is 0 Å². The molecular formula is C10H17ClN2OS. The zero-order valence-corrected chi connectivity index (χ0v) is 10.8. The van der Waals surface area contributed by atoms with Crippen LogP contribution in [0.15, 0.2) is 11.4 Å². The number of halogens is 1. The molecule has 3 nitrogen and oxygen atoms in total. The molecule has 0 amide bonds. The van der Waals surface area contributed by atoms with Crippen LogP contribution in [0.1, 0.15) is 19.0 Å². The molecular weight excluding hydrogens is 232 g/mol. The van der Waals surface area contributed by atoms with Gasteiger partial charge in [-0.2, -0.15) is 0 Å². The first kappa shape index (κ1) is 12.9. The van der Waals surface area contributed by atoms with E-state index in [2.05, 4.69) is 11.9 Å². The number of aromatic nitrogens is 2. The van der Waals surface area contributed by atoms with Crippen LogP contribution in [0.25, 0.3) is 0 Å². The smallest absolute Gasteiger partial charge is 0.168 e. The maximum Gasteiger partial charge on any atom is 0.168 e. The molecule has 1 rings (SSSR count). The predicted octanol–water partition coefficient (Wildman–Crippen LogP) is 2.68. The monoisotopic (exact) mass is 248 g/mol. The minimum atomic E-state index is 0.510. The Morgan fingerprint density at radius 3 is 2.93 bits per heavy atom. The highest BCUT2D eigenvalue weighted by Crippen LogP contribution is 2.17. The molecule has 0 saturated heterocycles. The van der Waals surface area contributed by atoms with Gasteiger partial charge in [0.1, 0.15) is 0 Å². The van der Waals surface area contributed by atoms with Gasteiger partial charge in [0, 0.05) is 19.4 Å². The largest absolute Gasteiger partial charge is 0.381 e. The van der Waals surface area contributed by atoms with Crippen LogP contribution in [-0.4, -0.2) is 28.5 Å². The molecule has 86 valence electrons. The molecule has 0 spiro atoms. The molecule has 1 aromatic heterocycles. The van der Waals surface area contributed by atoms with Crippen molar-refractivity contribution in [3.63, 3.8) is 0 Å². The average molecular weight is 249 g/mol. The minimum Gasteiger partial charge on any atom is -0.381 e. The van der Waals surface area contributed by atoms with Gasteiger partial charge in [0.2, 0.25) is 0 Å². The first-order chi connectivity index (χ1) is 7.29. The normalized spacial score (nSPS) is 10.9. The fourth-order valence-electron chi connectivity index (χ4n) is 1.12. The molecule has 15 heavy (non-hydrogen) atoms. The Morgan fingerprint density at radius 1 is 1.53 bits per heavy atom. The van der Waals surface area contributed by atoms with Gasteiger partial charge in [-0.05, 0) is 6.42 Å². The van der Waals surface area contributed by atoms with Crippen molar-refractivity contribution in [1.82, 2.24) is 9.55 Å². The van der Waals surface area contributed by atoms with Crippen molar-refractivity contribution < 1.29 is 4.74 Å². The molecule has 0 aromatic carbocycles. The Hall–Kier alpha value is -0.190. The first-order valence-corrected chi connectivity index (χ1v) is 6.58. The van der Waals surface area contributed by atoms with E-state index in [4.69, 9.17) is 16.3 Å². The molecule has 0 bridgehead atoms. The Kier molecular flexibility index (Phi) is 6.13. The third kappa shape index (κ3) is 4.05. The third-order valence-corrected chi connectivity index (χ3v) is 3.27. The third-order valence-electron chi connectivity index (χ3n) is 1.99. The molecule has 0 saturated carbocycles. The summed E-state index contributed by atoms with van der Waals surface area (Å²) >= 11 is 7.46. The summed E-state index contributed by atoms with van der Waals surface area (Å²) in [5.74, 6) is 1.45. The van der Waals surface area contributed by atoms with Crippen molar-refractivity contribution in [2.75, 3.05) is 19.0 Å². The van der Waals surface area contributed by atoms with Crippen LogP contribution in [0.4, 0.5) is 0 Å². The van der Waals surface area contributed by atoms with Crippen LogP contribution in [-0.2, 0) is 17.7 Å². The van der Waals surface area contributed by atoms with Crippen LogP contribution in [0.2, 0.25) is 0 Å². The van der Waals surface area contributed by atoms with Gasteiger partial charge >= 0.3 is 0 Å². The lowest BCUT2D eigenvalue weighted by molar-refractivity contribution is 0.151. The Morgan fingerprint density at radius 2 is 2.33 bits per heavy atom. The topological polar surface area (TPSA) is 27.1 Å². The number of alkyl halides is 1. The van der Waals surface area contributed by atoms with Gasteiger partial charge in [0.05, 0.1) is 24.4 Å².